The molecule has 1 amide bonds. The van der Waals surface area contributed by atoms with E-state index in [1.54, 1.807) is 12.0 Å². The predicted molar refractivity (Wildman–Crippen MR) is 84.3 cm³/mol. The topological polar surface area (TPSA) is 78.9 Å². The molecule has 1 aliphatic rings. The number of benzene rings is 1. The van der Waals surface area contributed by atoms with Crippen LogP contribution in [0.2, 0.25) is 0 Å². The smallest absolute Gasteiger partial charge is 0.320 e. The number of ether oxygens (including phenoxy) is 1. The number of hydrogen-bond acceptors (Lipinski definition) is 4. The lowest BCUT2D eigenvalue weighted by molar-refractivity contribution is -0.142. The van der Waals surface area contributed by atoms with E-state index >= 15 is 0 Å². The number of likely N-dealkylation sites (tertiary alicyclic amines) is 1. The maximum absolute atomic E-state index is 11.9. The van der Waals surface area contributed by atoms with Gasteiger partial charge in [0, 0.05) is 6.54 Å². The third-order valence-corrected chi connectivity index (χ3v) is 3.62. The third kappa shape index (κ3) is 4.89. The fraction of sp³-hybridized carbons (Fsp3) is 0.467. The molecule has 1 aromatic carbocycles. The maximum atomic E-state index is 11.9. The fourth-order valence-corrected chi connectivity index (χ4v) is 2.52. The van der Waals surface area contributed by atoms with Crippen molar-refractivity contribution < 1.29 is 19.4 Å². The second kappa shape index (κ2) is 8.60. The SMILES string of the molecule is COc1cccc(CNC(=O)CN2CCCC2C(=O)O)c1.Cl. The zero-order chi connectivity index (χ0) is 15.2. The number of carbonyl (C=O) groups is 2. The van der Waals surface area contributed by atoms with Gasteiger partial charge in [0.15, 0.2) is 0 Å². The average molecular weight is 329 g/mol. The predicted octanol–water partition coefficient (Wildman–Crippen LogP) is 1.28. The molecule has 1 heterocycles. The maximum Gasteiger partial charge on any atom is 0.320 e. The van der Waals surface area contributed by atoms with E-state index < -0.39 is 12.0 Å². The van der Waals surface area contributed by atoms with Gasteiger partial charge in [0.25, 0.3) is 0 Å². The van der Waals surface area contributed by atoms with Crippen molar-refractivity contribution in [2.24, 2.45) is 0 Å². The van der Waals surface area contributed by atoms with Crippen LogP contribution in [0, 0.1) is 0 Å². The molecule has 1 aliphatic heterocycles. The Hall–Kier alpha value is -1.79. The highest BCUT2D eigenvalue weighted by molar-refractivity contribution is 5.85. The van der Waals surface area contributed by atoms with Crippen LogP contribution in [-0.2, 0) is 16.1 Å². The Balaban J connectivity index is 0.00000242. The van der Waals surface area contributed by atoms with E-state index in [2.05, 4.69) is 5.32 Å². The molecule has 0 spiro atoms. The lowest BCUT2D eigenvalue weighted by Gasteiger charge is -2.20. The van der Waals surface area contributed by atoms with Gasteiger partial charge in [-0.05, 0) is 37.1 Å². The Bertz CT molecular complexity index is 524. The zero-order valence-electron chi connectivity index (χ0n) is 12.4. The number of nitrogens with zero attached hydrogens (tertiary/aromatic N) is 1. The molecule has 1 unspecified atom stereocenters. The number of halogens is 1. The van der Waals surface area contributed by atoms with E-state index in [9.17, 15) is 9.59 Å². The van der Waals surface area contributed by atoms with Crippen LogP contribution in [0.15, 0.2) is 24.3 Å². The lowest BCUT2D eigenvalue weighted by Crippen LogP contribution is -2.42. The Morgan fingerprint density at radius 1 is 1.45 bits per heavy atom. The Labute approximate surface area is 135 Å². The third-order valence-electron chi connectivity index (χ3n) is 3.62. The summed E-state index contributed by atoms with van der Waals surface area (Å²) in [6.45, 7) is 1.19. The van der Waals surface area contributed by atoms with Crippen LogP contribution in [0.5, 0.6) is 5.75 Å². The molecule has 0 aliphatic carbocycles. The lowest BCUT2D eigenvalue weighted by atomic mass is 10.2. The van der Waals surface area contributed by atoms with E-state index in [4.69, 9.17) is 9.84 Å². The van der Waals surface area contributed by atoms with Crippen molar-refractivity contribution in [1.82, 2.24) is 10.2 Å². The summed E-state index contributed by atoms with van der Waals surface area (Å²) in [5.41, 5.74) is 0.943. The van der Waals surface area contributed by atoms with Gasteiger partial charge in [-0.3, -0.25) is 14.5 Å². The first-order valence-corrected chi connectivity index (χ1v) is 6.96. The summed E-state index contributed by atoms with van der Waals surface area (Å²) in [6.07, 6.45) is 1.43. The molecule has 1 atom stereocenters. The van der Waals surface area contributed by atoms with E-state index in [0.29, 0.717) is 19.5 Å². The van der Waals surface area contributed by atoms with Crippen molar-refractivity contribution in [3.63, 3.8) is 0 Å². The van der Waals surface area contributed by atoms with Gasteiger partial charge in [-0.25, -0.2) is 0 Å². The fourth-order valence-electron chi connectivity index (χ4n) is 2.52. The molecule has 0 radical (unpaired) electrons. The Morgan fingerprint density at radius 3 is 2.91 bits per heavy atom. The monoisotopic (exact) mass is 328 g/mol. The van der Waals surface area contributed by atoms with Gasteiger partial charge in [0.1, 0.15) is 11.8 Å². The molecular formula is C15H21ClN2O4. The highest BCUT2D eigenvalue weighted by atomic mass is 35.5. The summed E-state index contributed by atoms with van der Waals surface area (Å²) in [4.78, 5) is 24.7. The van der Waals surface area contributed by atoms with Crippen LogP contribution in [0.1, 0.15) is 18.4 Å². The van der Waals surface area contributed by atoms with Crippen molar-refractivity contribution in [2.45, 2.75) is 25.4 Å². The first-order chi connectivity index (χ1) is 10.1. The van der Waals surface area contributed by atoms with Crippen molar-refractivity contribution >= 4 is 24.3 Å². The average Bonchev–Trinajstić information content (AvgIpc) is 2.93. The van der Waals surface area contributed by atoms with Gasteiger partial charge < -0.3 is 15.2 Å². The number of carboxylic acids is 1. The number of carbonyl (C=O) groups excluding carboxylic acids is 1. The van der Waals surface area contributed by atoms with Crippen LogP contribution >= 0.6 is 12.4 Å². The molecule has 1 fully saturated rings. The van der Waals surface area contributed by atoms with E-state index in [0.717, 1.165) is 17.7 Å². The minimum Gasteiger partial charge on any atom is -0.497 e. The van der Waals surface area contributed by atoms with E-state index in [-0.39, 0.29) is 24.9 Å². The minimum atomic E-state index is -0.854. The molecule has 7 heteroatoms. The first-order valence-electron chi connectivity index (χ1n) is 6.96. The number of aliphatic carboxylic acids is 1. The van der Waals surface area contributed by atoms with Crippen molar-refractivity contribution in [3.05, 3.63) is 29.8 Å². The number of nitrogens with one attached hydrogen (secondary N) is 1. The quantitative estimate of drug-likeness (QED) is 0.822. The van der Waals surface area contributed by atoms with Gasteiger partial charge in [-0.15, -0.1) is 12.4 Å². The van der Waals surface area contributed by atoms with Gasteiger partial charge >= 0.3 is 5.97 Å². The molecule has 0 saturated carbocycles. The summed E-state index contributed by atoms with van der Waals surface area (Å²) in [6, 6.07) is 6.93. The summed E-state index contributed by atoms with van der Waals surface area (Å²) in [7, 11) is 1.59. The molecule has 2 N–H and O–H groups in total. The second-order valence-electron chi connectivity index (χ2n) is 5.09. The van der Waals surface area contributed by atoms with Crippen molar-refractivity contribution in [2.75, 3.05) is 20.2 Å². The second-order valence-corrected chi connectivity index (χ2v) is 5.09. The molecule has 1 saturated heterocycles. The van der Waals surface area contributed by atoms with Crippen LogP contribution in [0.25, 0.3) is 0 Å². The molecule has 1 aromatic rings. The summed E-state index contributed by atoms with van der Waals surface area (Å²) >= 11 is 0. The van der Waals surface area contributed by atoms with E-state index in [1.165, 1.54) is 0 Å². The van der Waals surface area contributed by atoms with Crippen LogP contribution in [0.4, 0.5) is 0 Å². The van der Waals surface area contributed by atoms with Crippen molar-refractivity contribution in [1.29, 1.82) is 0 Å². The van der Waals surface area contributed by atoms with Gasteiger partial charge in [0.2, 0.25) is 5.91 Å². The molecule has 0 aromatic heterocycles. The summed E-state index contributed by atoms with van der Waals surface area (Å²) in [5, 5.41) is 11.9. The molecule has 22 heavy (non-hydrogen) atoms. The number of amides is 1. The zero-order valence-corrected chi connectivity index (χ0v) is 13.3. The molecule has 6 nitrogen and oxygen atoms in total. The number of hydrogen-bond donors (Lipinski definition) is 2. The highest BCUT2D eigenvalue weighted by Crippen LogP contribution is 2.16. The summed E-state index contributed by atoms with van der Waals surface area (Å²) < 4.78 is 5.12. The van der Waals surface area contributed by atoms with Crippen LogP contribution in [0.3, 0.4) is 0 Å². The van der Waals surface area contributed by atoms with Crippen LogP contribution in [-0.4, -0.2) is 48.1 Å². The molecule has 122 valence electrons. The number of methoxy groups -OCH3 is 1. The summed E-state index contributed by atoms with van der Waals surface area (Å²) in [5.74, 6) is -0.272. The highest BCUT2D eigenvalue weighted by Gasteiger charge is 2.31. The van der Waals surface area contributed by atoms with Crippen molar-refractivity contribution in [3.8, 4) is 5.75 Å². The normalized spacial score (nSPS) is 17.6. The molecule has 0 bridgehead atoms. The largest absolute Gasteiger partial charge is 0.497 e. The van der Waals surface area contributed by atoms with Gasteiger partial charge in [-0.1, -0.05) is 12.1 Å². The standard InChI is InChI=1S/C15H20N2O4.ClH/c1-21-12-5-2-4-11(8-12)9-16-14(18)10-17-7-3-6-13(17)15(19)20;/h2,4-5,8,13H,3,6-7,9-10H2,1H3,(H,16,18)(H,19,20);1H. The van der Waals surface area contributed by atoms with Gasteiger partial charge in [0.05, 0.1) is 13.7 Å². The van der Waals surface area contributed by atoms with Gasteiger partial charge in [-0.2, -0.15) is 0 Å². The molecular weight excluding hydrogens is 308 g/mol. The minimum absolute atomic E-state index is 0. The first kappa shape index (κ1) is 18.3. The van der Waals surface area contributed by atoms with Crippen LogP contribution < -0.4 is 10.1 Å². The van der Waals surface area contributed by atoms with E-state index in [1.807, 2.05) is 24.3 Å². The number of carboxylic acid groups (broad SMARTS) is 1. The number of rotatable bonds is 6. The Morgan fingerprint density at radius 2 is 2.23 bits per heavy atom. The molecule has 2 rings (SSSR count). The Kier molecular flexibility index (Phi) is 7.14.